The van der Waals surface area contributed by atoms with Gasteiger partial charge in [0.05, 0.1) is 28.5 Å². The molecule has 4 heterocycles. The number of nitrogens with zero attached hydrogens (tertiary/aromatic N) is 3. The van der Waals surface area contributed by atoms with Crippen molar-refractivity contribution in [1.82, 2.24) is 20.1 Å². The Bertz CT molecular complexity index is 1410. The summed E-state index contributed by atoms with van der Waals surface area (Å²) >= 11 is 6.50. The van der Waals surface area contributed by atoms with Crippen LogP contribution < -0.4 is 15.6 Å². The number of nitrogens with one attached hydrogen (secondary N) is 2. The minimum absolute atomic E-state index is 0.0102. The number of carbonyl (C=O) groups excluding carboxylic acids is 1. The topological polar surface area (TPSA) is 109 Å². The van der Waals surface area contributed by atoms with Crippen LogP contribution in [-0.4, -0.2) is 51.5 Å². The predicted octanol–water partition coefficient (Wildman–Crippen LogP) is 4.47. The highest BCUT2D eigenvalue weighted by molar-refractivity contribution is 6.33. The highest BCUT2D eigenvalue weighted by Crippen LogP contribution is 2.43. The van der Waals surface area contributed by atoms with Gasteiger partial charge in [-0.2, -0.15) is 5.10 Å². The number of ether oxygens (including phenoxy) is 2. The maximum atomic E-state index is 15.1. The second-order valence-corrected chi connectivity index (χ2v) is 10.1. The van der Waals surface area contributed by atoms with Gasteiger partial charge in [0.15, 0.2) is 0 Å². The fraction of sp³-hybridized carbons (Fsp3) is 0.385. The van der Waals surface area contributed by atoms with E-state index in [0.717, 1.165) is 31.2 Å². The molecule has 2 atom stereocenters. The molecule has 9 nitrogen and oxygen atoms in total. The van der Waals surface area contributed by atoms with E-state index in [1.54, 1.807) is 36.4 Å². The number of pyridine rings is 1. The third-order valence-corrected chi connectivity index (χ3v) is 7.76. The van der Waals surface area contributed by atoms with Gasteiger partial charge in [-0.15, -0.1) is 0 Å². The maximum Gasteiger partial charge on any atom is 0.322 e. The van der Waals surface area contributed by atoms with Crippen LogP contribution in [-0.2, 0) is 11.2 Å². The Labute approximate surface area is 216 Å². The smallest absolute Gasteiger partial charge is 0.322 e. The number of hydrogen-bond donors (Lipinski definition) is 2. The van der Waals surface area contributed by atoms with Crippen LogP contribution in [0.1, 0.15) is 43.0 Å². The van der Waals surface area contributed by atoms with E-state index in [-0.39, 0.29) is 40.6 Å². The molecule has 1 saturated carbocycles. The molecule has 11 heteroatoms. The molecule has 192 valence electrons. The summed E-state index contributed by atoms with van der Waals surface area (Å²) in [6, 6.07) is 6.96. The summed E-state index contributed by atoms with van der Waals surface area (Å²) in [5.41, 5.74) is 2.36. The lowest BCUT2D eigenvalue weighted by Gasteiger charge is -2.35. The lowest BCUT2D eigenvalue weighted by molar-refractivity contribution is -0.0396. The van der Waals surface area contributed by atoms with Crippen molar-refractivity contribution in [2.45, 2.75) is 56.4 Å². The second-order valence-electron chi connectivity index (χ2n) is 9.70. The summed E-state index contributed by atoms with van der Waals surface area (Å²) in [6.07, 6.45) is 5.59. The van der Waals surface area contributed by atoms with E-state index >= 15 is 4.39 Å². The van der Waals surface area contributed by atoms with Crippen LogP contribution in [0.15, 0.2) is 41.3 Å². The van der Waals surface area contributed by atoms with Crippen molar-refractivity contribution >= 4 is 23.3 Å². The number of urea groups is 1. The molecule has 0 spiro atoms. The highest BCUT2D eigenvalue weighted by Gasteiger charge is 2.44. The molecule has 2 amide bonds. The molecule has 1 saturated heterocycles. The Balaban J connectivity index is 1.16. The molecule has 6 rings (SSSR count). The monoisotopic (exact) mass is 525 g/mol. The number of fused-ring (bicyclic) bond motifs is 4. The largest absolute Gasteiger partial charge is 0.474 e. The number of rotatable bonds is 5. The average molecular weight is 526 g/mol. The molecular weight excluding hydrogens is 501 g/mol. The van der Waals surface area contributed by atoms with Crippen LogP contribution in [0.4, 0.5) is 14.9 Å². The Morgan fingerprint density at radius 3 is 2.81 bits per heavy atom. The molecular formula is C26H25ClFN5O4. The van der Waals surface area contributed by atoms with Crippen molar-refractivity contribution < 1.29 is 18.7 Å². The van der Waals surface area contributed by atoms with E-state index in [1.807, 2.05) is 0 Å². The SMILES string of the molecule is CO[C@H]1C[C@@H](Oc2ccc(-c3cc(F)c(NC(=O)N4[C@H]5CC[C@@H]4c4n[nH]c(=O)cc4C5)cc3Cl)cn2)C1. The van der Waals surface area contributed by atoms with Crippen LogP contribution in [0.5, 0.6) is 5.88 Å². The second kappa shape index (κ2) is 9.42. The lowest BCUT2D eigenvalue weighted by atomic mass is 9.92. The van der Waals surface area contributed by atoms with Crippen molar-refractivity contribution in [3.05, 3.63) is 69.0 Å². The van der Waals surface area contributed by atoms with Gasteiger partial charge >= 0.3 is 6.03 Å². The normalized spacial score (nSPS) is 23.8. The van der Waals surface area contributed by atoms with Crippen LogP contribution >= 0.6 is 11.6 Å². The molecule has 1 aromatic carbocycles. The summed E-state index contributed by atoms with van der Waals surface area (Å²) in [5.74, 6) is -0.125. The molecule has 3 aromatic rings. The molecule has 0 unspecified atom stereocenters. The zero-order valence-corrected chi connectivity index (χ0v) is 20.8. The summed E-state index contributed by atoms with van der Waals surface area (Å²) in [5, 5.41) is 9.58. The lowest BCUT2D eigenvalue weighted by Crippen LogP contribution is -2.45. The van der Waals surface area contributed by atoms with Crippen molar-refractivity contribution in [3.8, 4) is 17.0 Å². The number of anilines is 1. The molecule has 2 N–H and O–H groups in total. The minimum atomic E-state index is -0.611. The van der Waals surface area contributed by atoms with Gasteiger partial charge in [0.1, 0.15) is 11.9 Å². The first kappa shape index (κ1) is 23.9. The number of carbonyl (C=O) groups is 1. The van der Waals surface area contributed by atoms with Gasteiger partial charge in [0, 0.05) is 55.4 Å². The van der Waals surface area contributed by atoms with Crippen LogP contribution in [0.2, 0.25) is 5.02 Å². The Morgan fingerprint density at radius 2 is 2.05 bits per heavy atom. The van der Waals surface area contributed by atoms with Gasteiger partial charge in [0.2, 0.25) is 5.88 Å². The summed E-state index contributed by atoms with van der Waals surface area (Å²) in [6.45, 7) is 0. The van der Waals surface area contributed by atoms with Gasteiger partial charge in [-0.1, -0.05) is 11.6 Å². The van der Waals surface area contributed by atoms with Crippen LogP contribution in [0.3, 0.4) is 0 Å². The van der Waals surface area contributed by atoms with E-state index in [1.165, 1.54) is 12.1 Å². The fourth-order valence-electron chi connectivity index (χ4n) is 5.45. The van der Waals surface area contributed by atoms with Crippen molar-refractivity contribution in [2.75, 3.05) is 12.4 Å². The molecule has 2 bridgehead atoms. The van der Waals surface area contributed by atoms with Crippen LogP contribution in [0, 0.1) is 5.82 Å². The fourth-order valence-corrected chi connectivity index (χ4v) is 5.72. The first-order valence-electron chi connectivity index (χ1n) is 12.2. The Kier molecular flexibility index (Phi) is 6.08. The van der Waals surface area contributed by atoms with E-state index < -0.39 is 11.8 Å². The van der Waals surface area contributed by atoms with Gasteiger partial charge in [-0.3, -0.25) is 4.79 Å². The molecule has 2 aromatic heterocycles. The standard InChI is InChI=1S/C26H25ClFN5O4/c1-36-16-8-17(9-16)37-24-5-2-13(12-29-24)18-10-20(28)21(11-19(18)27)30-26(35)33-15-3-4-22(33)25-14(6-15)7-23(34)31-32-25/h2,5,7,10-12,15-17,22H,3-4,6,8-9H2,1H3,(H,30,35)(H,31,34)/t15-,16-,17+,22+/m0/s1. The molecule has 2 fully saturated rings. The van der Waals surface area contributed by atoms with E-state index in [0.29, 0.717) is 29.1 Å². The third-order valence-electron chi connectivity index (χ3n) is 7.45. The zero-order chi connectivity index (χ0) is 25.7. The van der Waals surface area contributed by atoms with Gasteiger partial charge in [-0.25, -0.2) is 19.3 Å². The molecule has 37 heavy (non-hydrogen) atoms. The van der Waals surface area contributed by atoms with Crippen LogP contribution in [0.25, 0.3) is 11.1 Å². The van der Waals surface area contributed by atoms with E-state index in [4.69, 9.17) is 21.1 Å². The predicted molar refractivity (Wildman–Crippen MR) is 134 cm³/mol. The minimum Gasteiger partial charge on any atom is -0.474 e. The Morgan fingerprint density at radius 1 is 1.22 bits per heavy atom. The number of aromatic amines is 1. The quantitative estimate of drug-likeness (QED) is 0.508. The number of aromatic nitrogens is 3. The highest BCUT2D eigenvalue weighted by atomic mass is 35.5. The summed E-state index contributed by atoms with van der Waals surface area (Å²) in [7, 11) is 1.69. The number of amides is 2. The van der Waals surface area contributed by atoms with Gasteiger partial charge in [0.25, 0.3) is 5.56 Å². The number of hydrogen-bond acceptors (Lipinski definition) is 6. The molecule has 1 aliphatic carbocycles. The first-order valence-corrected chi connectivity index (χ1v) is 12.6. The first-order chi connectivity index (χ1) is 17.9. The average Bonchev–Trinajstić information content (AvgIpc) is 3.18. The van der Waals surface area contributed by atoms with Crippen molar-refractivity contribution in [3.63, 3.8) is 0 Å². The number of halogens is 2. The van der Waals surface area contributed by atoms with E-state index in [9.17, 15) is 9.59 Å². The maximum absolute atomic E-state index is 15.1. The van der Waals surface area contributed by atoms with Gasteiger partial charge < -0.3 is 19.7 Å². The number of methoxy groups -OCH3 is 1. The summed E-state index contributed by atoms with van der Waals surface area (Å²) in [4.78, 5) is 30.9. The van der Waals surface area contributed by atoms with Crippen molar-refractivity contribution in [1.29, 1.82) is 0 Å². The number of H-pyrrole nitrogens is 1. The Hall–Kier alpha value is -3.50. The number of benzene rings is 1. The summed E-state index contributed by atoms with van der Waals surface area (Å²) < 4.78 is 26.2. The molecule has 0 radical (unpaired) electrons. The molecule has 2 aliphatic heterocycles. The zero-order valence-electron chi connectivity index (χ0n) is 20.0. The molecule has 3 aliphatic rings. The van der Waals surface area contributed by atoms with Gasteiger partial charge in [-0.05, 0) is 43.0 Å². The third kappa shape index (κ3) is 4.44. The van der Waals surface area contributed by atoms with E-state index in [2.05, 4.69) is 20.5 Å². The van der Waals surface area contributed by atoms with Crippen molar-refractivity contribution in [2.24, 2.45) is 0 Å².